The van der Waals surface area contributed by atoms with E-state index in [1.54, 1.807) is 18.5 Å². The number of piperidine rings is 2. The zero-order chi connectivity index (χ0) is 22.3. The fourth-order valence-electron chi connectivity index (χ4n) is 5.54. The predicted octanol–water partition coefficient (Wildman–Crippen LogP) is 3.00. The summed E-state index contributed by atoms with van der Waals surface area (Å²) in [5, 5.41) is 10.9. The van der Waals surface area contributed by atoms with Gasteiger partial charge in [0, 0.05) is 36.7 Å². The van der Waals surface area contributed by atoms with Crippen LogP contribution in [0.25, 0.3) is 0 Å². The Morgan fingerprint density at radius 1 is 1.09 bits per heavy atom. The van der Waals surface area contributed by atoms with E-state index in [2.05, 4.69) is 9.88 Å². The molecule has 4 heterocycles. The van der Waals surface area contributed by atoms with Gasteiger partial charge in [0.25, 0.3) is 0 Å². The summed E-state index contributed by atoms with van der Waals surface area (Å²) >= 11 is 0. The van der Waals surface area contributed by atoms with Crippen LogP contribution in [0.4, 0.5) is 5.69 Å². The highest BCUT2D eigenvalue weighted by atomic mass is 16.5. The zero-order valence-corrected chi connectivity index (χ0v) is 18.4. The number of amides is 1. The van der Waals surface area contributed by atoms with Gasteiger partial charge in [-0.2, -0.15) is 0 Å². The summed E-state index contributed by atoms with van der Waals surface area (Å²) in [4.78, 5) is 33.5. The maximum Gasteiger partial charge on any atom is 0.338 e. The molecule has 2 saturated heterocycles. The normalized spacial score (nSPS) is 21.5. The van der Waals surface area contributed by atoms with Crippen molar-refractivity contribution >= 4 is 17.6 Å². The van der Waals surface area contributed by atoms with Gasteiger partial charge in [0.2, 0.25) is 5.91 Å². The lowest BCUT2D eigenvalue weighted by Gasteiger charge is -2.46. The van der Waals surface area contributed by atoms with Crippen LogP contribution in [0, 0.1) is 12.3 Å². The summed E-state index contributed by atoms with van der Waals surface area (Å²) in [5.41, 5.74) is 3.90. The molecule has 3 aliphatic heterocycles. The van der Waals surface area contributed by atoms with Crippen LogP contribution in [-0.2, 0) is 16.1 Å². The van der Waals surface area contributed by atoms with Gasteiger partial charge in [-0.3, -0.25) is 9.78 Å². The molecule has 1 aromatic carbocycles. The van der Waals surface area contributed by atoms with Crippen molar-refractivity contribution in [1.29, 1.82) is 0 Å². The van der Waals surface area contributed by atoms with Crippen LogP contribution in [0.1, 0.15) is 58.8 Å². The molecule has 0 radical (unpaired) electrons. The smallest absolute Gasteiger partial charge is 0.338 e. The standard InChI is InChI=1S/C25H29N3O4/c1-17-19(3-4-20-21(17)16-32-23(20)30)22(29)15-27-13-8-25(9-14-27)7-2-12-28(24(25)31)18-5-10-26-11-6-18/h3-6,10-11,22,29H,2,7-9,12-16H2,1H3. The maximum atomic E-state index is 13.4. The Kier molecular flexibility index (Phi) is 5.47. The van der Waals surface area contributed by atoms with E-state index >= 15 is 0 Å². The fraction of sp³-hybridized carbons (Fsp3) is 0.480. The summed E-state index contributed by atoms with van der Waals surface area (Å²) in [6.45, 7) is 5.09. The van der Waals surface area contributed by atoms with Gasteiger partial charge in [0.15, 0.2) is 0 Å². The molecular formula is C25H29N3O4. The number of hydrogen-bond acceptors (Lipinski definition) is 6. The van der Waals surface area contributed by atoms with Gasteiger partial charge in [0.05, 0.1) is 17.1 Å². The van der Waals surface area contributed by atoms with Crippen molar-refractivity contribution < 1.29 is 19.4 Å². The van der Waals surface area contributed by atoms with E-state index in [0.29, 0.717) is 12.1 Å². The van der Waals surface area contributed by atoms with Gasteiger partial charge in [-0.25, -0.2) is 4.79 Å². The average molecular weight is 436 g/mol. The van der Waals surface area contributed by atoms with Crippen molar-refractivity contribution in [2.24, 2.45) is 5.41 Å². The van der Waals surface area contributed by atoms with E-state index in [9.17, 15) is 14.7 Å². The SMILES string of the molecule is Cc1c(C(O)CN2CCC3(CCCN(c4ccncc4)C3=O)CC2)ccc2c1COC2=O. The molecule has 1 N–H and O–H groups in total. The lowest BCUT2D eigenvalue weighted by Crippen LogP contribution is -2.54. The summed E-state index contributed by atoms with van der Waals surface area (Å²) in [6.07, 6.45) is 6.39. The van der Waals surface area contributed by atoms with Crippen LogP contribution in [0.15, 0.2) is 36.7 Å². The van der Waals surface area contributed by atoms with Crippen molar-refractivity contribution in [1.82, 2.24) is 9.88 Å². The molecule has 1 unspecified atom stereocenters. The minimum atomic E-state index is -0.638. The van der Waals surface area contributed by atoms with Crippen LogP contribution in [-0.4, -0.2) is 53.0 Å². The number of likely N-dealkylation sites (tertiary alicyclic amines) is 1. The predicted molar refractivity (Wildman–Crippen MR) is 119 cm³/mol. The Balaban J connectivity index is 1.24. The highest BCUT2D eigenvalue weighted by molar-refractivity contribution is 5.98. The van der Waals surface area contributed by atoms with Gasteiger partial charge in [-0.05, 0) is 75.0 Å². The number of pyridine rings is 1. The summed E-state index contributed by atoms with van der Waals surface area (Å²) in [6, 6.07) is 7.41. The first-order chi connectivity index (χ1) is 15.5. The number of benzene rings is 1. The van der Waals surface area contributed by atoms with Crippen LogP contribution in [0.3, 0.4) is 0 Å². The molecule has 3 aliphatic rings. The number of aromatic nitrogens is 1. The van der Waals surface area contributed by atoms with Crippen molar-refractivity contribution in [3.8, 4) is 0 Å². The van der Waals surface area contributed by atoms with E-state index in [1.165, 1.54) is 0 Å². The summed E-state index contributed by atoms with van der Waals surface area (Å²) < 4.78 is 5.13. The van der Waals surface area contributed by atoms with Gasteiger partial charge >= 0.3 is 5.97 Å². The first-order valence-electron chi connectivity index (χ1n) is 11.4. The number of aliphatic hydroxyl groups is 1. The maximum absolute atomic E-state index is 13.4. The van der Waals surface area contributed by atoms with Crippen molar-refractivity contribution in [2.75, 3.05) is 31.1 Å². The first-order valence-corrected chi connectivity index (χ1v) is 11.4. The van der Waals surface area contributed by atoms with Crippen molar-refractivity contribution in [3.05, 3.63) is 58.9 Å². The Morgan fingerprint density at radius 3 is 2.59 bits per heavy atom. The Labute approximate surface area is 188 Å². The molecule has 0 saturated carbocycles. The minimum Gasteiger partial charge on any atom is -0.457 e. The first kappa shape index (κ1) is 21.1. The highest BCUT2D eigenvalue weighted by Gasteiger charge is 2.46. The molecule has 1 aromatic heterocycles. The monoisotopic (exact) mass is 435 g/mol. The zero-order valence-electron chi connectivity index (χ0n) is 18.4. The number of aliphatic hydroxyl groups excluding tert-OH is 1. The Morgan fingerprint density at radius 2 is 1.84 bits per heavy atom. The molecule has 0 bridgehead atoms. The largest absolute Gasteiger partial charge is 0.457 e. The number of β-amino-alcohol motifs (C(OH)–C–C–N with tert-alkyl or cyclic N) is 1. The second-order valence-corrected chi connectivity index (χ2v) is 9.24. The second-order valence-electron chi connectivity index (χ2n) is 9.24. The molecule has 168 valence electrons. The molecule has 32 heavy (non-hydrogen) atoms. The lowest BCUT2D eigenvalue weighted by molar-refractivity contribution is -0.133. The molecule has 7 nitrogen and oxygen atoms in total. The molecule has 7 heteroatoms. The topological polar surface area (TPSA) is 83.0 Å². The van der Waals surface area contributed by atoms with E-state index in [1.807, 2.05) is 30.0 Å². The molecule has 2 aromatic rings. The summed E-state index contributed by atoms with van der Waals surface area (Å²) in [7, 11) is 0. The van der Waals surface area contributed by atoms with Gasteiger partial charge in [-0.1, -0.05) is 6.07 Å². The second kappa shape index (κ2) is 8.30. The van der Waals surface area contributed by atoms with E-state index in [4.69, 9.17) is 4.74 Å². The molecule has 5 rings (SSSR count). The number of carbonyl (C=O) groups excluding carboxylic acids is 2. The third kappa shape index (κ3) is 3.59. The molecule has 0 aliphatic carbocycles. The molecule has 2 fully saturated rings. The number of esters is 1. The van der Waals surface area contributed by atoms with Gasteiger partial charge in [-0.15, -0.1) is 0 Å². The third-order valence-corrected chi connectivity index (χ3v) is 7.52. The number of anilines is 1. The number of rotatable bonds is 4. The van der Waals surface area contributed by atoms with E-state index in [-0.39, 0.29) is 23.9 Å². The number of carbonyl (C=O) groups is 2. The van der Waals surface area contributed by atoms with Gasteiger partial charge < -0.3 is 19.6 Å². The van der Waals surface area contributed by atoms with Gasteiger partial charge in [0.1, 0.15) is 6.61 Å². The average Bonchev–Trinajstić information content (AvgIpc) is 3.19. The minimum absolute atomic E-state index is 0.231. The Hall–Kier alpha value is -2.77. The quantitative estimate of drug-likeness (QED) is 0.744. The number of cyclic esters (lactones) is 1. The van der Waals surface area contributed by atoms with Crippen molar-refractivity contribution in [3.63, 3.8) is 0 Å². The van der Waals surface area contributed by atoms with Crippen molar-refractivity contribution in [2.45, 2.75) is 45.3 Å². The molecule has 1 atom stereocenters. The fourth-order valence-corrected chi connectivity index (χ4v) is 5.54. The molecular weight excluding hydrogens is 406 g/mol. The van der Waals surface area contributed by atoms with E-state index in [0.717, 1.165) is 67.7 Å². The van der Waals surface area contributed by atoms with Crippen LogP contribution in [0.2, 0.25) is 0 Å². The number of fused-ring (bicyclic) bond motifs is 1. The van der Waals surface area contributed by atoms with Crippen LogP contribution < -0.4 is 4.90 Å². The molecule has 1 amide bonds. The number of hydrogen-bond donors (Lipinski definition) is 1. The Bertz CT molecular complexity index is 1030. The molecule has 1 spiro atoms. The summed E-state index contributed by atoms with van der Waals surface area (Å²) in [5.74, 6) is -0.0577. The van der Waals surface area contributed by atoms with Crippen LogP contribution in [0.5, 0.6) is 0 Å². The number of ether oxygens (including phenoxy) is 1. The number of nitrogens with zero attached hydrogens (tertiary/aromatic N) is 3. The van der Waals surface area contributed by atoms with Crippen LogP contribution >= 0.6 is 0 Å². The lowest BCUT2D eigenvalue weighted by atomic mass is 9.71. The highest BCUT2D eigenvalue weighted by Crippen LogP contribution is 2.42. The van der Waals surface area contributed by atoms with E-state index < -0.39 is 6.10 Å². The third-order valence-electron chi connectivity index (χ3n) is 7.52.